The highest BCUT2D eigenvalue weighted by molar-refractivity contribution is 7.80. The van der Waals surface area contributed by atoms with Gasteiger partial charge in [-0.1, -0.05) is 12.2 Å². The summed E-state index contributed by atoms with van der Waals surface area (Å²) in [6, 6.07) is 0.0316. The second-order valence-electron chi connectivity index (χ2n) is 4.28. The molecule has 0 spiro atoms. The number of nitrogens with zero attached hydrogens (tertiary/aromatic N) is 2. The van der Waals surface area contributed by atoms with Gasteiger partial charge < -0.3 is 20.7 Å². The lowest BCUT2D eigenvalue weighted by Gasteiger charge is -2.33. The number of ether oxygens (including phenoxy) is 1. The lowest BCUT2D eigenvalue weighted by Crippen LogP contribution is -2.49. The predicted molar refractivity (Wildman–Crippen MR) is 67.9 cm³/mol. The molecular weight excluding hydrogens is 240 g/mol. The number of morpholine rings is 1. The molecule has 0 aromatic carbocycles. The Kier molecular flexibility index (Phi) is 4.14. The molecule has 0 saturated carbocycles. The molecule has 2 aliphatic rings. The Morgan fingerprint density at radius 1 is 1.53 bits per heavy atom. The van der Waals surface area contributed by atoms with Crippen LogP contribution in [0.2, 0.25) is 0 Å². The fraction of sp³-hybridized carbons (Fsp3) is 0.800. The van der Waals surface area contributed by atoms with Gasteiger partial charge in [0, 0.05) is 39.3 Å². The van der Waals surface area contributed by atoms with Crippen molar-refractivity contribution in [3.05, 3.63) is 0 Å². The van der Waals surface area contributed by atoms with Crippen LogP contribution >= 0.6 is 12.2 Å². The number of nitrogens with one attached hydrogen (secondary N) is 1. The van der Waals surface area contributed by atoms with Crippen LogP contribution in [0.15, 0.2) is 0 Å². The first-order valence-corrected chi connectivity index (χ1v) is 6.23. The molecule has 6 nitrogen and oxygen atoms in total. The fourth-order valence-corrected chi connectivity index (χ4v) is 2.21. The van der Waals surface area contributed by atoms with Crippen LogP contribution in [-0.4, -0.2) is 72.8 Å². The number of nitrogens with two attached hydrogens (primary N) is 1. The molecule has 0 radical (unpaired) electrons. The molecule has 7 heteroatoms. The molecule has 0 bridgehead atoms. The van der Waals surface area contributed by atoms with Crippen LogP contribution in [0.1, 0.15) is 0 Å². The van der Waals surface area contributed by atoms with Crippen molar-refractivity contribution in [1.29, 1.82) is 0 Å². The molecule has 2 heterocycles. The normalized spacial score (nSPS) is 26.0. The Labute approximate surface area is 106 Å². The maximum atomic E-state index is 11.4. The van der Waals surface area contributed by atoms with Gasteiger partial charge in [0.15, 0.2) is 0 Å². The third kappa shape index (κ3) is 3.27. The molecule has 0 aromatic rings. The van der Waals surface area contributed by atoms with Crippen molar-refractivity contribution in [1.82, 2.24) is 15.1 Å². The number of hydrogen-bond acceptors (Lipinski definition) is 4. The highest BCUT2D eigenvalue weighted by Crippen LogP contribution is 2.06. The standard InChI is InChI=1S/C10H18N4O2S/c11-9(17)8-7-13(5-6-16-8)3-4-14-2-1-12-10(14)15/h8H,1-7H2,(H2,11,17)(H,12,15). The van der Waals surface area contributed by atoms with E-state index in [0.717, 1.165) is 39.3 Å². The second kappa shape index (κ2) is 5.61. The minimum Gasteiger partial charge on any atom is -0.391 e. The third-order valence-electron chi connectivity index (χ3n) is 3.10. The van der Waals surface area contributed by atoms with Gasteiger partial charge in [0.05, 0.1) is 6.61 Å². The quantitative estimate of drug-likeness (QED) is 0.633. The molecule has 2 aliphatic heterocycles. The van der Waals surface area contributed by atoms with Gasteiger partial charge in [-0.05, 0) is 0 Å². The monoisotopic (exact) mass is 258 g/mol. The zero-order valence-electron chi connectivity index (χ0n) is 9.72. The Morgan fingerprint density at radius 3 is 3.00 bits per heavy atom. The molecule has 17 heavy (non-hydrogen) atoms. The van der Waals surface area contributed by atoms with Crippen LogP contribution in [0.4, 0.5) is 4.79 Å². The summed E-state index contributed by atoms with van der Waals surface area (Å²) in [5.41, 5.74) is 5.57. The number of hydrogen-bond donors (Lipinski definition) is 2. The first-order chi connectivity index (χ1) is 8.16. The fourth-order valence-electron chi connectivity index (χ4n) is 2.06. The SMILES string of the molecule is NC(=S)C1CN(CCN2CCNC2=O)CCO1. The van der Waals surface area contributed by atoms with Crippen molar-refractivity contribution in [3.63, 3.8) is 0 Å². The van der Waals surface area contributed by atoms with Crippen molar-refractivity contribution in [2.45, 2.75) is 6.10 Å². The van der Waals surface area contributed by atoms with Gasteiger partial charge in [-0.2, -0.15) is 0 Å². The molecule has 2 saturated heterocycles. The minimum absolute atomic E-state index is 0.0316. The molecule has 2 fully saturated rings. The number of rotatable bonds is 4. The van der Waals surface area contributed by atoms with Gasteiger partial charge >= 0.3 is 6.03 Å². The summed E-state index contributed by atoms with van der Waals surface area (Å²) in [6.07, 6.45) is -0.147. The number of amides is 2. The molecule has 1 unspecified atom stereocenters. The zero-order valence-corrected chi connectivity index (χ0v) is 10.5. The smallest absolute Gasteiger partial charge is 0.317 e. The van der Waals surface area contributed by atoms with E-state index in [-0.39, 0.29) is 12.1 Å². The van der Waals surface area contributed by atoms with E-state index in [1.54, 1.807) is 0 Å². The Balaban J connectivity index is 1.75. The Bertz CT molecular complexity index is 313. The summed E-state index contributed by atoms with van der Waals surface area (Å²) in [5.74, 6) is 0. The van der Waals surface area contributed by atoms with E-state index in [2.05, 4.69) is 10.2 Å². The first-order valence-electron chi connectivity index (χ1n) is 5.83. The van der Waals surface area contributed by atoms with Gasteiger partial charge in [-0.25, -0.2) is 4.79 Å². The Morgan fingerprint density at radius 2 is 2.35 bits per heavy atom. The average molecular weight is 258 g/mol. The van der Waals surface area contributed by atoms with Crippen molar-refractivity contribution < 1.29 is 9.53 Å². The lowest BCUT2D eigenvalue weighted by molar-refractivity contribution is 0.00566. The van der Waals surface area contributed by atoms with Crippen molar-refractivity contribution in [2.24, 2.45) is 5.73 Å². The summed E-state index contributed by atoms with van der Waals surface area (Å²) in [4.78, 5) is 15.8. The number of carbonyl (C=O) groups excluding carboxylic acids is 1. The largest absolute Gasteiger partial charge is 0.391 e. The second-order valence-corrected chi connectivity index (χ2v) is 4.75. The summed E-state index contributed by atoms with van der Waals surface area (Å²) < 4.78 is 5.46. The summed E-state index contributed by atoms with van der Waals surface area (Å²) in [6.45, 7) is 5.37. The van der Waals surface area contributed by atoms with Gasteiger partial charge in [0.1, 0.15) is 11.1 Å². The van der Waals surface area contributed by atoms with Crippen molar-refractivity contribution in [3.8, 4) is 0 Å². The average Bonchev–Trinajstić information content (AvgIpc) is 2.72. The summed E-state index contributed by atoms with van der Waals surface area (Å²) in [5, 5.41) is 2.79. The van der Waals surface area contributed by atoms with Crippen molar-refractivity contribution in [2.75, 3.05) is 45.9 Å². The minimum atomic E-state index is -0.147. The summed E-state index contributed by atoms with van der Waals surface area (Å²) in [7, 11) is 0. The van der Waals surface area contributed by atoms with E-state index >= 15 is 0 Å². The number of urea groups is 1. The van der Waals surface area contributed by atoms with Gasteiger partial charge in [0.2, 0.25) is 0 Å². The Hall–Kier alpha value is -0.920. The van der Waals surface area contributed by atoms with Crippen LogP contribution in [0.5, 0.6) is 0 Å². The zero-order chi connectivity index (χ0) is 12.3. The lowest BCUT2D eigenvalue weighted by atomic mass is 10.2. The van der Waals surface area contributed by atoms with E-state index in [1.165, 1.54) is 0 Å². The van der Waals surface area contributed by atoms with Crippen LogP contribution in [0.3, 0.4) is 0 Å². The molecule has 2 amide bonds. The van der Waals surface area contributed by atoms with E-state index < -0.39 is 0 Å². The molecule has 0 aromatic heterocycles. The maximum absolute atomic E-state index is 11.4. The summed E-state index contributed by atoms with van der Waals surface area (Å²) >= 11 is 4.93. The molecule has 3 N–H and O–H groups in total. The van der Waals surface area contributed by atoms with Crippen LogP contribution in [-0.2, 0) is 4.74 Å². The van der Waals surface area contributed by atoms with Crippen LogP contribution < -0.4 is 11.1 Å². The molecule has 2 rings (SSSR count). The molecule has 96 valence electrons. The molecule has 0 aliphatic carbocycles. The molecule has 1 atom stereocenters. The highest BCUT2D eigenvalue weighted by atomic mass is 32.1. The maximum Gasteiger partial charge on any atom is 0.317 e. The van der Waals surface area contributed by atoms with Gasteiger partial charge in [-0.15, -0.1) is 0 Å². The topological polar surface area (TPSA) is 70.8 Å². The van der Waals surface area contributed by atoms with E-state index in [9.17, 15) is 4.79 Å². The number of carbonyl (C=O) groups is 1. The number of thiocarbonyl (C=S) groups is 1. The predicted octanol–water partition coefficient (Wildman–Crippen LogP) is -1.00. The third-order valence-corrected chi connectivity index (χ3v) is 3.36. The van der Waals surface area contributed by atoms with E-state index in [1.807, 2.05) is 4.90 Å². The van der Waals surface area contributed by atoms with E-state index in [4.69, 9.17) is 22.7 Å². The van der Waals surface area contributed by atoms with Gasteiger partial charge in [0.25, 0.3) is 0 Å². The van der Waals surface area contributed by atoms with Gasteiger partial charge in [-0.3, -0.25) is 4.90 Å². The first kappa shape index (κ1) is 12.5. The van der Waals surface area contributed by atoms with Crippen LogP contribution in [0.25, 0.3) is 0 Å². The van der Waals surface area contributed by atoms with Crippen LogP contribution in [0, 0.1) is 0 Å². The van der Waals surface area contributed by atoms with Crippen molar-refractivity contribution >= 4 is 23.2 Å². The highest BCUT2D eigenvalue weighted by Gasteiger charge is 2.24. The molecular formula is C10H18N4O2S. The van der Waals surface area contributed by atoms with E-state index in [0.29, 0.717) is 11.6 Å².